The maximum Gasteiger partial charge on any atom is 0.282 e. The van der Waals surface area contributed by atoms with Crippen LogP contribution in [-0.4, -0.2) is 18.4 Å². The Kier molecular flexibility index (Phi) is 4.24. The second-order valence-corrected chi connectivity index (χ2v) is 7.52. The third-order valence-corrected chi connectivity index (χ3v) is 5.65. The highest BCUT2D eigenvalue weighted by atomic mass is 19.1. The SMILES string of the molecule is Cc1ccc(C2=C(N3CCc4ccccc43)C(=O)N(c3ccccc3F)C2=O)cc1. The molecule has 0 radical (unpaired) electrons. The van der Waals surface area contributed by atoms with Crippen molar-refractivity contribution in [3.05, 3.63) is 101 Å². The number of para-hydroxylation sites is 2. The molecular formula is C25H19FN2O2. The highest BCUT2D eigenvalue weighted by Crippen LogP contribution is 2.40. The van der Waals surface area contributed by atoms with E-state index in [1.807, 2.05) is 60.4 Å². The van der Waals surface area contributed by atoms with Crippen molar-refractivity contribution >= 4 is 28.8 Å². The van der Waals surface area contributed by atoms with Gasteiger partial charge in [0, 0.05) is 12.2 Å². The molecule has 4 nitrogen and oxygen atoms in total. The van der Waals surface area contributed by atoms with Crippen LogP contribution in [0, 0.1) is 12.7 Å². The van der Waals surface area contributed by atoms with Crippen LogP contribution < -0.4 is 9.80 Å². The molecule has 0 aliphatic carbocycles. The first-order valence-electron chi connectivity index (χ1n) is 9.86. The standard InChI is InChI=1S/C25H19FN2O2/c1-16-10-12-18(13-11-16)22-23(27-15-14-17-6-2-4-8-20(17)27)25(30)28(24(22)29)21-9-5-3-7-19(21)26/h2-13H,14-15H2,1H3. The van der Waals surface area contributed by atoms with Crippen LogP contribution in [0.3, 0.4) is 0 Å². The number of carbonyl (C=O) groups excluding carboxylic acids is 2. The Balaban J connectivity index is 1.70. The van der Waals surface area contributed by atoms with Gasteiger partial charge in [-0.05, 0) is 42.7 Å². The van der Waals surface area contributed by atoms with Crippen LogP contribution in [0.1, 0.15) is 16.7 Å². The average Bonchev–Trinajstić information content (AvgIpc) is 3.28. The number of amides is 2. The van der Waals surface area contributed by atoms with Gasteiger partial charge in [-0.3, -0.25) is 9.59 Å². The molecule has 148 valence electrons. The van der Waals surface area contributed by atoms with Crippen molar-refractivity contribution in [3.8, 4) is 0 Å². The van der Waals surface area contributed by atoms with E-state index in [2.05, 4.69) is 0 Å². The van der Waals surface area contributed by atoms with Gasteiger partial charge in [0.1, 0.15) is 11.5 Å². The van der Waals surface area contributed by atoms with Crippen molar-refractivity contribution in [2.45, 2.75) is 13.3 Å². The highest BCUT2D eigenvalue weighted by molar-refractivity contribution is 6.46. The molecule has 2 heterocycles. The van der Waals surface area contributed by atoms with Gasteiger partial charge in [0.15, 0.2) is 0 Å². The molecule has 0 bridgehead atoms. The molecule has 5 heteroatoms. The first-order chi connectivity index (χ1) is 14.6. The molecular weight excluding hydrogens is 379 g/mol. The van der Waals surface area contributed by atoms with E-state index in [1.165, 1.54) is 18.2 Å². The van der Waals surface area contributed by atoms with Gasteiger partial charge in [0.05, 0.1) is 11.3 Å². The molecule has 3 aromatic rings. The molecule has 5 rings (SSSR count). The molecule has 2 aliphatic rings. The number of fused-ring (bicyclic) bond motifs is 1. The molecule has 0 spiro atoms. The second-order valence-electron chi connectivity index (χ2n) is 7.52. The summed E-state index contributed by atoms with van der Waals surface area (Å²) in [4.78, 5) is 29.9. The molecule has 30 heavy (non-hydrogen) atoms. The number of halogens is 1. The van der Waals surface area contributed by atoms with Gasteiger partial charge >= 0.3 is 0 Å². The number of hydrogen-bond acceptors (Lipinski definition) is 3. The van der Waals surface area contributed by atoms with Crippen LogP contribution in [0.4, 0.5) is 15.8 Å². The molecule has 0 saturated carbocycles. The zero-order valence-corrected chi connectivity index (χ0v) is 16.4. The number of aryl methyl sites for hydroxylation is 1. The smallest absolute Gasteiger partial charge is 0.282 e. The fraction of sp³-hybridized carbons (Fsp3) is 0.120. The van der Waals surface area contributed by atoms with Crippen molar-refractivity contribution in [1.29, 1.82) is 0 Å². The number of imide groups is 1. The van der Waals surface area contributed by atoms with Crippen molar-refractivity contribution in [2.75, 3.05) is 16.3 Å². The quantitative estimate of drug-likeness (QED) is 0.611. The predicted octanol–water partition coefficient (Wildman–Crippen LogP) is 4.48. The van der Waals surface area contributed by atoms with Crippen molar-refractivity contribution in [1.82, 2.24) is 0 Å². The van der Waals surface area contributed by atoms with E-state index in [1.54, 1.807) is 6.07 Å². The molecule has 2 aliphatic heterocycles. The van der Waals surface area contributed by atoms with E-state index < -0.39 is 17.6 Å². The molecule has 0 saturated heterocycles. The van der Waals surface area contributed by atoms with Crippen LogP contribution in [0.2, 0.25) is 0 Å². The molecule has 2 amide bonds. The Hall–Kier alpha value is -3.73. The van der Waals surface area contributed by atoms with Crippen LogP contribution in [0.15, 0.2) is 78.5 Å². The number of nitrogens with zero attached hydrogens (tertiary/aromatic N) is 2. The lowest BCUT2D eigenvalue weighted by molar-refractivity contribution is -0.120. The Labute approximate surface area is 173 Å². The lowest BCUT2D eigenvalue weighted by Crippen LogP contribution is -2.35. The summed E-state index contributed by atoms with van der Waals surface area (Å²) in [7, 11) is 0. The molecule has 0 N–H and O–H groups in total. The second kappa shape index (κ2) is 6.95. The Morgan fingerprint density at radius 1 is 0.800 bits per heavy atom. The van der Waals surface area contributed by atoms with Crippen LogP contribution in [0.5, 0.6) is 0 Å². The molecule has 0 unspecified atom stereocenters. The fourth-order valence-corrected chi connectivity index (χ4v) is 4.17. The summed E-state index contributed by atoms with van der Waals surface area (Å²) in [5.41, 5.74) is 4.32. The van der Waals surface area contributed by atoms with Gasteiger partial charge in [0.2, 0.25) is 0 Å². The summed E-state index contributed by atoms with van der Waals surface area (Å²) < 4.78 is 14.5. The summed E-state index contributed by atoms with van der Waals surface area (Å²) in [6, 6.07) is 21.2. The minimum atomic E-state index is -0.606. The van der Waals surface area contributed by atoms with E-state index in [4.69, 9.17) is 0 Å². The lowest BCUT2D eigenvalue weighted by atomic mass is 10.0. The topological polar surface area (TPSA) is 40.6 Å². The first kappa shape index (κ1) is 18.3. The summed E-state index contributed by atoms with van der Waals surface area (Å²) >= 11 is 0. The van der Waals surface area contributed by atoms with Crippen molar-refractivity contribution in [3.63, 3.8) is 0 Å². The summed E-state index contributed by atoms with van der Waals surface area (Å²) in [6.45, 7) is 2.55. The van der Waals surface area contributed by atoms with Gasteiger partial charge < -0.3 is 4.90 Å². The lowest BCUT2D eigenvalue weighted by Gasteiger charge is -2.22. The van der Waals surface area contributed by atoms with Crippen LogP contribution >= 0.6 is 0 Å². The Morgan fingerprint density at radius 3 is 2.20 bits per heavy atom. The predicted molar refractivity (Wildman–Crippen MR) is 114 cm³/mol. The van der Waals surface area contributed by atoms with Gasteiger partial charge in [-0.1, -0.05) is 60.2 Å². The van der Waals surface area contributed by atoms with E-state index in [-0.39, 0.29) is 5.69 Å². The third-order valence-electron chi connectivity index (χ3n) is 5.65. The number of rotatable bonds is 3. The van der Waals surface area contributed by atoms with Crippen molar-refractivity contribution in [2.24, 2.45) is 0 Å². The van der Waals surface area contributed by atoms with E-state index in [0.717, 1.165) is 28.1 Å². The minimum absolute atomic E-state index is 0.0282. The summed E-state index contributed by atoms with van der Waals surface area (Å²) in [5, 5.41) is 0. The van der Waals surface area contributed by atoms with Gasteiger partial charge in [-0.15, -0.1) is 0 Å². The van der Waals surface area contributed by atoms with Gasteiger partial charge in [-0.2, -0.15) is 0 Å². The molecule has 0 atom stereocenters. The maximum absolute atomic E-state index is 14.5. The van der Waals surface area contributed by atoms with E-state index in [0.29, 0.717) is 23.4 Å². The summed E-state index contributed by atoms with van der Waals surface area (Å²) in [6.07, 6.45) is 0.780. The highest BCUT2D eigenvalue weighted by Gasteiger charge is 2.44. The summed E-state index contributed by atoms with van der Waals surface area (Å²) in [5.74, 6) is -1.61. The first-order valence-corrected chi connectivity index (χ1v) is 9.86. The monoisotopic (exact) mass is 398 g/mol. The Bertz CT molecular complexity index is 1210. The van der Waals surface area contributed by atoms with Crippen molar-refractivity contribution < 1.29 is 14.0 Å². The number of benzene rings is 3. The number of anilines is 2. The molecule has 0 fully saturated rings. The van der Waals surface area contributed by atoms with E-state index in [9.17, 15) is 14.0 Å². The Morgan fingerprint density at radius 2 is 1.47 bits per heavy atom. The largest absolute Gasteiger partial charge is 0.336 e. The van der Waals surface area contributed by atoms with Gasteiger partial charge in [-0.25, -0.2) is 9.29 Å². The maximum atomic E-state index is 14.5. The van der Waals surface area contributed by atoms with Crippen LogP contribution in [0.25, 0.3) is 5.57 Å². The normalized spacial score (nSPS) is 15.9. The number of hydrogen-bond donors (Lipinski definition) is 0. The fourth-order valence-electron chi connectivity index (χ4n) is 4.17. The van der Waals surface area contributed by atoms with Gasteiger partial charge in [0.25, 0.3) is 11.8 Å². The zero-order valence-electron chi connectivity index (χ0n) is 16.4. The third kappa shape index (κ3) is 2.74. The van der Waals surface area contributed by atoms with Crippen LogP contribution in [-0.2, 0) is 16.0 Å². The zero-order chi connectivity index (χ0) is 20.8. The minimum Gasteiger partial charge on any atom is -0.336 e. The molecule has 3 aromatic carbocycles. The van der Waals surface area contributed by atoms with E-state index >= 15 is 0 Å². The number of carbonyl (C=O) groups is 2. The molecule has 0 aromatic heterocycles. The average molecular weight is 398 g/mol.